The highest BCUT2D eigenvalue weighted by molar-refractivity contribution is 5.96. The Morgan fingerprint density at radius 1 is 0.857 bits per heavy atom. The average Bonchev–Trinajstić information content (AvgIpc) is 3.10. The van der Waals surface area contributed by atoms with Crippen LogP contribution < -0.4 is 9.64 Å². The highest BCUT2D eigenvalue weighted by Gasteiger charge is 2.33. The number of amides is 1. The number of benzene rings is 1. The zero-order valence-corrected chi connectivity index (χ0v) is 17.2. The summed E-state index contributed by atoms with van der Waals surface area (Å²) in [6.45, 7) is 7.53. The Kier molecular flexibility index (Phi) is 6.86. The fourth-order valence-electron chi connectivity index (χ4n) is 4.89. The van der Waals surface area contributed by atoms with Crippen molar-refractivity contribution in [3.05, 3.63) is 24.3 Å². The lowest BCUT2D eigenvalue weighted by Gasteiger charge is -2.33. The van der Waals surface area contributed by atoms with Crippen molar-refractivity contribution in [3.63, 3.8) is 0 Å². The van der Waals surface area contributed by atoms with Crippen molar-refractivity contribution in [1.82, 2.24) is 9.80 Å². The molecule has 4 rings (SSSR count). The minimum absolute atomic E-state index is 0.265. The molecular formula is C23H35N3O2. The van der Waals surface area contributed by atoms with Gasteiger partial charge in [-0.1, -0.05) is 12.8 Å². The third kappa shape index (κ3) is 5.06. The van der Waals surface area contributed by atoms with Crippen LogP contribution in [0.3, 0.4) is 0 Å². The Morgan fingerprint density at radius 3 is 2.18 bits per heavy atom. The van der Waals surface area contributed by atoms with Crippen molar-refractivity contribution in [2.75, 3.05) is 50.8 Å². The van der Waals surface area contributed by atoms with Crippen LogP contribution in [0, 0.1) is 0 Å². The Hall–Kier alpha value is -1.59. The number of hydrogen-bond donors (Lipinski definition) is 0. The van der Waals surface area contributed by atoms with Crippen molar-refractivity contribution >= 4 is 11.6 Å². The number of hydrogen-bond acceptors (Lipinski definition) is 4. The summed E-state index contributed by atoms with van der Waals surface area (Å²) in [7, 11) is 0. The SMILES string of the molecule is O=C1CC[C@@H](CN2CCCCC2)N1c1ccc(OCCN2CCCCC2)cc1. The molecule has 1 amide bonds. The average molecular weight is 386 g/mol. The van der Waals surface area contributed by atoms with Crippen molar-refractivity contribution < 1.29 is 9.53 Å². The van der Waals surface area contributed by atoms with Gasteiger partial charge in [-0.15, -0.1) is 0 Å². The molecule has 3 aliphatic heterocycles. The summed E-state index contributed by atoms with van der Waals surface area (Å²) < 4.78 is 5.95. The predicted molar refractivity (Wildman–Crippen MR) is 113 cm³/mol. The molecule has 0 spiro atoms. The summed E-state index contributed by atoms with van der Waals surface area (Å²) in [5.41, 5.74) is 1.02. The number of anilines is 1. The number of carbonyl (C=O) groups is 1. The number of likely N-dealkylation sites (tertiary alicyclic amines) is 2. The molecule has 0 aromatic heterocycles. The van der Waals surface area contributed by atoms with Gasteiger partial charge in [-0.2, -0.15) is 0 Å². The smallest absolute Gasteiger partial charge is 0.227 e. The Morgan fingerprint density at radius 2 is 1.50 bits per heavy atom. The van der Waals surface area contributed by atoms with Gasteiger partial charge in [-0.3, -0.25) is 9.69 Å². The van der Waals surface area contributed by atoms with Crippen LogP contribution in [0.25, 0.3) is 0 Å². The Labute approximate surface area is 169 Å². The van der Waals surface area contributed by atoms with Crippen molar-refractivity contribution in [2.24, 2.45) is 0 Å². The largest absolute Gasteiger partial charge is 0.492 e. The lowest BCUT2D eigenvalue weighted by Crippen LogP contribution is -2.43. The molecule has 5 nitrogen and oxygen atoms in total. The quantitative estimate of drug-likeness (QED) is 0.719. The molecule has 1 aromatic carbocycles. The number of ether oxygens (including phenoxy) is 1. The molecule has 1 aromatic rings. The van der Waals surface area contributed by atoms with Crippen LogP contribution in [0.15, 0.2) is 24.3 Å². The van der Waals surface area contributed by atoms with E-state index in [4.69, 9.17) is 4.74 Å². The summed E-state index contributed by atoms with van der Waals surface area (Å²) in [6.07, 6.45) is 9.59. The molecule has 0 saturated carbocycles. The first-order valence-corrected chi connectivity index (χ1v) is 11.3. The molecule has 0 bridgehead atoms. The molecule has 154 valence electrons. The minimum atomic E-state index is 0.265. The van der Waals surface area contributed by atoms with E-state index in [1.807, 2.05) is 17.0 Å². The van der Waals surface area contributed by atoms with E-state index in [-0.39, 0.29) is 5.91 Å². The molecule has 3 saturated heterocycles. The summed E-state index contributed by atoms with van der Waals surface area (Å²) in [5.74, 6) is 1.17. The maximum absolute atomic E-state index is 12.5. The molecule has 0 unspecified atom stereocenters. The van der Waals surface area contributed by atoms with Crippen LogP contribution in [0.1, 0.15) is 51.4 Å². The van der Waals surface area contributed by atoms with E-state index in [1.165, 1.54) is 64.7 Å². The standard InChI is InChI=1S/C23H35N3O2/c27-23-12-9-21(19-25-15-5-2-6-16-25)26(23)20-7-10-22(11-8-20)28-18-17-24-13-3-1-4-14-24/h7-8,10-11,21H,1-6,9,12-19H2/t21-/m0/s1. The summed E-state index contributed by atoms with van der Waals surface area (Å²) in [5, 5.41) is 0. The van der Waals surface area contributed by atoms with Crippen LogP contribution in [-0.2, 0) is 4.79 Å². The molecule has 28 heavy (non-hydrogen) atoms. The monoisotopic (exact) mass is 385 g/mol. The lowest BCUT2D eigenvalue weighted by atomic mass is 10.1. The van der Waals surface area contributed by atoms with Crippen LogP contribution in [0.2, 0.25) is 0 Å². The van der Waals surface area contributed by atoms with Crippen LogP contribution in [0.5, 0.6) is 5.75 Å². The zero-order valence-electron chi connectivity index (χ0n) is 17.2. The molecule has 0 radical (unpaired) electrons. The minimum Gasteiger partial charge on any atom is -0.492 e. The molecule has 3 heterocycles. The second kappa shape index (κ2) is 9.75. The molecule has 3 fully saturated rings. The third-order valence-electron chi connectivity index (χ3n) is 6.48. The number of piperidine rings is 2. The summed E-state index contributed by atoms with van der Waals surface area (Å²) in [4.78, 5) is 19.6. The van der Waals surface area contributed by atoms with Gasteiger partial charge in [0.1, 0.15) is 12.4 Å². The topological polar surface area (TPSA) is 36.0 Å². The molecule has 1 atom stereocenters. The first-order chi connectivity index (χ1) is 13.8. The van der Waals surface area contributed by atoms with E-state index < -0.39 is 0 Å². The normalized spacial score (nSPS) is 24.6. The molecule has 0 aliphatic carbocycles. The molecule has 3 aliphatic rings. The third-order valence-corrected chi connectivity index (χ3v) is 6.48. The van der Waals surface area contributed by atoms with Gasteiger partial charge in [0.25, 0.3) is 0 Å². The number of carbonyl (C=O) groups excluding carboxylic acids is 1. The van der Waals surface area contributed by atoms with E-state index >= 15 is 0 Å². The second-order valence-corrected chi connectivity index (χ2v) is 8.56. The van der Waals surface area contributed by atoms with Crippen molar-refractivity contribution in [2.45, 2.75) is 57.4 Å². The summed E-state index contributed by atoms with van der Waals surface area (Å²) >= 11 is 0. The predicted octanol–water partition coefficient (Wildman–Crippen LogP) is 3.53. The van der Waals surface area contributed by atoms with Gasteiger partial charge in [0.05, 0.1) is 6.04 Å². The van der Waals surface area contributed by atoms with Gasteiger partial charge < -0.3 is 14.5 Å². The van der Waals surface area contributed by atoms with Gasteiger partial charge in [0, 0.05) is 25.2 Å². The van der Waals surface area contributed by atoms with Gasteiger partial charge >= 0.3 is 0 Å². The lowest BCUT2D eigenvalue weighted by molar-refractivity contribution is -0.117. The van der Waals surface area contributed by atoms with Gasteiger partial charge in [0.15, 0.2) is 0 Å². The highest BCUT2D eigenvalue weighted by Crippen LogP contribution is 2.29. The van der Waals surface area contributed by atoms with Crippen LogP contribution in [0.4, 0.5) is 5.69 Å². The van der Waals surface area contributed by atoms with Crippen LogP contribution in [-0.4, -0.2) is 67.6 Å². The highest BCUT2D eigenvalue weighted by atomic mass is 16.5. The van der Waals surface area contributed by atoms with E-state index in [0.717, 1.165) is 37.6 Å². The maximum atomic E-state index is 12.5. The molecular weight excluding hydrogens is 350 g/mol. The van der Waals surface area contributed by atoms with Crippen molar-refractivity contribution in [1.29, 1.82) is 0 Å². The first kappa shape index (κ1) is 19.7. The summed E-state index contributed by atoms with van der Waals surface area (Å²) in [6, 6.07) is 8.48. The zero-order chi connectivity index (χ0) is 19.2. The number of nitrogens with zero attached hydrogens (tertiary/aromatic N) is 3. The fourth-order valence-corrected chi connectivity index (χ4v) is 4.89. The fraction of sp³-hybridized carbons (Fsp3) is 0.696. The number of rotatable bonds is 7. The first-order valence-electron chi connectivity index (χ1n) is 11.3. The van der Waals surface area contributed by atoms with Gasteiger partial charge in [0.2, 0.25) is 5.91 Å². The van der Waals surface area contributed by atoms with E-state index in [0.29, 0.717) is 12.5 Å². The Balaban J connectivity index is 1.30. The maximum Gasteiger partial charge on any atom is 0.227 e. The molecule has 0 N–H and O–H groups in total. The van der Waals surface area contributed by atoms with Crippen LogP contribution >= 0.6 is 0 Å². The van der Waals surface area contributed by atoms with E-state index in [2.05, 4.69) is 21.9 Å². The Bertz CT molecular complexity index is 621. The van der Waals surface area contributed by atoms with Crippen molar-refractivity contribution in [3.8, 4) is 5.75 Å². The van der Waals surface area contributed by atoms with Gasteiger partial charge in [-0.05, 0) is 82.5 Å². The van der Waals surface area contributed by atoms with E-state index in [1.54, 1.807) is 0 Å². The second-order valence-electron chi connectivity index (χ2n) is 8.56. The van der Waals surface area contributed by atoms with Gasteiger partial charge in [-0.25, -0.2) is 0 Å². The van der Waals surface area contributed by atoms with E-state index in [9.17, 15) is 4.79 Å². The molecule has 5 heteroatoms.